The zero-order valence-electron chi connectivity index (χ0n) is 21.2. The largest absolute Gasteiger partial charge is 0.482 e. The van der Waals surface area contributed by atoms with Crippen LogP contribution < -0.4 is 25.4 Å². The summed E-state index contributed by atoms with van der Waals surface area (Å²) in [5, 5.41) is 11.4. The summed E-state index contributed by atoms with van der Waals surface area (Å²) in [6.07, 6.45) is -0.974. The highest BCUT2D eigenvalue weighted by Crippen LogP contribution is 2.42. The molecule has 4 N–H and O–H groups in total. The zero-order chi connectivity index (χ0) is 28.7. The first-order valence-corrected chi connectivity index (χ1v) is 13.4. The van der Waals surface area contributed by atoms with Crippen LogP contribution in [-0.2, 0) is 21.4 Å². The van der Waals surface area contributed by atoms with Gasteiger partial charge in [-0.15, -0.1) is 0 Å². The third-order valence-electron chi connectivity index (χ3n) is 6.01. The van der Waals surface area contributed by atoms with Gasteiger partial charge in [0.1, 0.15) is 5.82 Å². The molecule has 206 valence electrons. The normalized spacial score (nSPS) is 14.3. The van der Waals surface area contributed by atoms with Crippen molar-refractivity contribution in [1.82, 2.24) is 15.0 Å². The average Bonchev–Trinajstić information content (AvgIpc) is 2.90. The molecule has 0 saturated carbocycles. The van der Waals surface area contributed by atoms with Crippen molar-refractivity contribution in [2.75, 3.05) is 15.5 Å². The highest BCUT2D eigenvalue weighted by molar-refractivity contribution is 7.89. The van der Waals surface area contributed by atoms with Gasteiger partial charge in [0.25, 0.3) is 0 Å². The van der Waals surface area contributed by atoms with Crippen molar-refractivity contribution >= 4 is 44.8 Å². The maximum absolute atomic E-state index is 14.4. The molecule has 5 rings (SSSR count). The van der Waals surface area contributed by atoms with Gasteiger partial charge < -0.3 is 15.4 Å². The van der Waals surface area contributed by atoms with Gasteiger partial charge in [-0.05, 0) is 61.9 Å². The Bertz CT molecular complexity index is 1720. The van der Waals surface area contributed by atoms with Crippen molar-refractivity contribution in [2.24, 2.45) is 5.14 Å². The zero-order valence-corrected chi connectivity index (χ0v) is 22.0. The maximum atomic E-state index is 14.4. The summed E-state index contributed by atoms with van der Waals surface area (Å²) in [5.74, 6) is -1.14. The van der Waals surface area contributed by atoms with Crippen LogP contribution in [0, 0.1) is 13.8 Å². The summed E-state index contributed by atoms with van der Waals surface area (Å²) in [5.41, 5.74) is 2.53. The molecule has 40 heavy (non-hydrogen) atoms. The molecule has 0 fully saturated rings. The molecular formula is C26H23F2N7O4S. The lowest BCUT2D eigenvalue weighted by Gasteiger charge is -2.33. The summed E-state index contributed by atoms with van der Waals surface area (Å²) in [7, 11) is -3.93. The number of nitrogens with zero attached hydrogens (tertiary/aromatic N) is 4. The molecule has 0 radical (unpaired) electrons. The van der Waals surface area contributed by atoms with Gasteiger partial charge in [-0.25, -0.2) is 18.5 Å². The Morgan fingerprint density at radius 2 is 1.75 bits per heavy atom. The first-order chi connectivity index (χ1) is 18.9. The molecule has 11 nitrogen and oxygen atoms in total. The van der Waals surface area contributed by atoms with E-state index in [1.54, 1.807) is 50.4 Å². The van der Waals surface area contributed by atoms with Crippen LogP contribution in [0.15, 0.2) is 71.9 Å². The molecular weight excluding hydrogens is 544 g/mol. The van der Waals surface area contributed by atoms with E-state index in [4.69, 9.17) is 9.88 Å². The predicted octanol–water partition coefficient (Wildman–Crippen LogP) is 4.14. The van der Waals surface area contributed by atoms with Gasteiger partial charge in [0, 0.05) is 29.3 Å². The number of ether oxygens (including phenoxy) is 1. The second-order valence-electron chi connectivity index (χ2n) is 9.01. The number of carbonyl (C=O) groups is 1. The highest BCUT2D eigenvalue weighted by Gasteiger charge is 2.50. The number of fused-ring (bicyclic) bond motifs is 1. The van der Waals surface area contributed by atoms with Crippen molar-refractivity contribution in [3.8, 4) is 5.75 Å². The number of hydrogen-bond acceptors (Lipinski definition) is 9. The van der Waals surface area contributed by atoms with Crippen molar-refractivity contribution in [3.05, 3.63) is 83.8 Å². The Morgan fingerprint density at radius 1 is 1.00 bits per heavy atom. The molecule has 14 heteroatoms. The minimum absolute atomic E-state index is 0.0328. The van der Waals surface area contributed by atoms with Gasteiger partial charge in [0.2, 0.25) is 16.0 Å². The lowest BCUT2D eigenvalue weighted by atomic mass is 10.1. The standard InChI is InChI=1S/C26H23F2N7O4S/c1-15-6-7-18(12-22(15)40(29,37)38)33-25-31-13-16(2)23(34-25)32-17-8-9-21-20(11-17)35(24(36)26(27,28)39-21)14-19-5-3-4-10-30-19/h3-13H,14H2,1-2H3,(H2,29,37,38)(H2,31,32,33,34). The number of anilines is 5. The molecule has 3 heterocycles. The molecule has 4 aromatic rings. The van der Waals surface area contributed by atoms with Gasteiger partial charge in [-0.3, -0.25) is 14.7 Å². The number of primary sulfonamides is 1. The summed E-state index contributed by atoms with van der Waals surface area (Å²) in [6, 6.07) is 14.0. The number of pyridine rings is 1. The van der Waals surface area contributed by atoms with Gasteiger partial charge in [-0.2, -0.15) is 13.8 Å². The molecule has 0 bridgehead atoms. The summed E-state index contributed by atoms with van der Waals surface area (Å²) < 4.78 is 57.1. The van der Waals surface area contributed by atoms with Gasteiger partial charge in [0.05, 0.1) is 22.8 Å². The van der Waals surface area contributed by atoms with Crippen LogP contribution in [0.2, 0.25) is 0 Å². The highest BCUT2D eigenvalue weighted by atomic mass is 32.2. The van der Waals surface area contributed by atoms with E-state index in [1.807, 2.05) is 0 Å². The fraction of sp³-hybridized carbons (Fsp3) is 0.154. The minimum Gasteiger partial charge on any atom is -0.423 e. The smallest absolute Gasteiger partial charge is 0.423 e. The fourth-order valence-corrected chi connectivity index (χ4v) is 4.84. The second kappa shape index (κ2) is 10.1. The number of sulfonamides is 1. The predicted molar refractivity (Wildman–Crippen MR) is 143 cm³/mol. The summed E-state index contributed by atoms with van der Waals surface area (Å²) in [6.45, 7) is 3.20. The number of aryl methyl sites for hydroxylation is 2. The number of benzene rings is 2. The van der Waals surface area contributed by atoms with Crippen LogP contribution in [0.5, 0.6) is 5.75 Å². The lowest BCUT2D eigenvalue weighted by molar-refractivity contribution is -0.193. The van der Waals surface area contributed by atoms with Gasteiger partial charge in [-0.1, -0.05) is 12.1 Å². The van der Waals surface area contributed by atoms with Crippen LogP contribution in [0.25, 0.3) is 0 Å². The Kier molecular flexibility index (Phi) is 6.81. The molecule has 0 atom stereocenters. The number of halogens is 2. The summed E-state index contributed by atoms with van der Waals surface area (Å²) in [4.78, 5) is 26.3. The third kappa shape index (κ3) is 5.53. The minimum atomic E-state index is -4.03. The monoisotopic (exact) mass is 567 g/mol. The number of nitrogens with one attached hydrogen (secondary N) is 2. The van der Waals surface area contributed by atoms with E-state index < -0.39 is 22.0 Å². The Hall–Kier alpha value is -4.69. The van der Waals surface area contributed by atoms with Crippen molar-refractivity contribution in [1.29, 1.82) is 0 Å². The van der Waals surface area contributed by atoms with Crippen LogP contribution >= 0.6 is 0 Å². The van der Waals surface area contributed by atoms with E-state index in [0.29, 0.717) is 34.0 Å². The van der Waals surface area contributed by atoms with Crippen molar-refractivity contribution in [2.45, 2.75) is 31.4 Å². The molecule has 2 aromatic carbocycles. The van der Waals surface area contributed by atoms with Gasteiger partial charge >= 0.3 is 12.0 Å². The van der Waals surface area contributed by atoms with Crippen molar-refractivity contribution < 1.29 is 26.7 Å². The van der Waals surface area contributed by atoms with E-state index >= 15 is 0 Å². The topological polar surface area (TPSA) is 152 Å². The number of rotatable bonds is 7. The van der Waals surface area contributed by atoms with E-state index in [9.17, 15) is 22.0 Å². The Morgan fingerprint density at radius 3 is 2.48 bits per heavy atom. The Balaban J connectivity index is 1.44. The quantitative estimate of drug-likeness (QED) is 0.299. The number of hydrogen-bond donors (Lipinski definition) is 3. The number of alkyl halides is 2. The SMILES string of the molecule is Cc1ccc(Nc2ncc(C)c(Nc3ccc4c(c3)N(Cc3ccccn3)C(=O)C(F)(F)O4)n2)cc1S(N)(=O)=O. The first-order valence-electron chi connectivity index (χ1n) is 11.8. The second-order valence-corrected chi connectivity index (χ2v) is 10.5. The third-order valence-corrected chi connectivity index (χ3v) is 7.07. The fourth-order valence-electron chi connectivity index (χ4n) is 4.03. The number of amides is 1. The van der Waals surface area contributed by atoms with Crippen LogP contribution in [0.1, 0.15) is 16.8 Å². The number of carbonyl (C=O) groups excluding carboxylic acids is 1. The van der Waals surface area contributed by atoms with E-state index in [-0.39, 0.29) is 28.8 Å². The van der Waals surface area contributed by atoms with Crippen LogP contribution in [-0.4, -0.2) is 35.4 Å². The molecule has 0 saturated heterocycles. The maximum Gasteiger partial charge on any atom is 0.482 e. The molecule has 1 aliphatic heterocycles. The summed E-state index contributed by atoms with van der Waals surface area (Å²) >= 11 is 0. The van der Waals surface area contributed by atoms with Crippen LogP contribution in [0.4, 0.5) is 37.6 Å². The molecule has 0 unspecified atom stereocenters. The molecule has 0 spiro atoms. The first kappa shape index (κ1) is 26.9. The van der Waals surface area contributed by atoms with E-state index in [0.717, 1.165) is 4.90 Å². The molecule has 2 aromatic heterocycles. The molecule has 0 aliphatic carbocycles. The van der Waals surface area contributed by atoms with Gasteiger partial charge in [0.15, 0.2) is 5.75 Å². The molecule has 1 amide bonds. The van der Waals surface area contributed by atoms with Crippen molar-refractivity contribution in [3.63, 3.8) is 0 Å². The van der Waals surface area contributed by atoms with E-state index in [2.05, 4.69) is 25.6 Å². The number of nitrogens with two attached hydrogens (primary N) is 1. The lowest BCUT2D eigenvalue weighted by Crippen LogP contribution is -2.50. The average molecular weight is 568 g/mol. The molecule has 1 aliphatic rings. The Labute approximate surface area is 228 Å². The number of aromatic nitrogens is 3. The van der Waals surface area contributed by atoms with Crippen LogP contribution in [0.3, 0.4) is 0 Å². The van der Waals surface area contributed by atoms with E-state index in [1.165, 1.54) is 30.5 Å².